The fourth-order valence-corrected chi connectivity index (χ4v) is 8.74. The Morgan fingerprint density at radius 3 is 2.75 bits per heavy atom. The number of benzene rings is 2. The van der Waals surface area contributed by atoms with E-state index in [9.17, 15) is 5.11 Å². The molecule has 1 saturated heterocycles. The summed E-state index contributed by atoms with van der Waals surface area (Å²) in [4.78, 5) is 0. The second kappa shape index (κ2) is 10.1. The highest BCUT2D eigenvalue weighted by Crippen LogP contribution is 2.64. The van der Waals surface area contributed by atoms with Crippen LogP contribution in [0.15, 0.2) is 48.5 Å². The number of hydrogen-bond acceptors (Lipinski definition) is 3. The summed E-state index contributed by atoms with van der Waals surface area (Å²) in [6, 6.07) is 17.5. The maximum atomic E-state index is 9.27. The van der Waals surface area contributed by atoms with Gasteiger partial charge in [0, 0.05) is 6.61 Å². The molecule has 6 rings (SSSR count). The molecule has 0 amide bonds. The molecule has 0 aromatic heterocycles. The first-order chi connectivity index (χ1) is 17.6. The summed E-state index contributed by atoms with van der Waals surface area (Å²) in [6.45, 7) is 5.88. The predicted octanol–water partition coefficient (Wildman–Crippen LogP) is 7.30. The van der Waals surface area contributed by atoms with Crippen LogP contribution in [-0.2, 0) is 17.8 Å². The van der Waals surface area contributed by atoms with Crippen molar-refractivity contribution in [3.05, 3.63) is 65.2 Å². The zero-order chi connectivity index (χ0) is 24.7. The van der Waals surface area contributed by atoms with Crippen LogP contribution in [0.3, 0.4) is 0 Å². The minimum Gasteiger partial charge on any atom is -0.489 e. The Kier molecular flexibility index (Phi) is 6.90. The molecule has 2 aromatic rings. The van der Waals surface area contributed by atoms with Gasteiger partial charge in [-0.2, -0.15) is 0 Å². The quantitative estimate of drug-likeness (QED) is 0.376. The average molecular weight is 489 g/mol. The van der Waals surface area contributed by atoms with E-state index in [1.807, 2.05) is 0 Å². The van der Waals surface area contributed by atoms with Crippen molar-refractivity contribution < 1.29 is 14.6 Å². The number of aliphatic hydroxyl groups excluding tert-OH is 1. The third kappa shape index (κ3) is 4.74. The molecular formula is C33H44O3. The molecule has 1 N–H and O–H groups in total. The van der Waals surface area contributed by atoms with Gasteiger partial charge in [-0.05, 0) is 109 Å². The van der Waals surface area contributed by atoms with Crippen molar-refractivity contribution in [1.29, 1.82) is 0 Å². The normalized spacial score (nSPS) is 36.6. The number of aliphatic hydroxyl groups is 1. The molecule has 3 heteroatoms. The van der Waals surface area contributed by atoms with Crippen molar-refractivity contribution in [3.63, 3.8) is 0 Å². The summed E-state index contributed by atoms with van der Waals surface area (Å²) in [5.74, 6) is 4.99. The van der Waals surface area contributed by atoms with Gasteiger partial charge in [-0.15, -0.1) is 0 Å². The van der Waals surface area contributed by atoms with Crippen molar-refractivity contribution in [1.82, 2.24) is 0 Å². The second-order valence-electron chi connectivity index (χ2n) is 12.6. The Morgan fingerprint density at radius 2 is 1.94 bits per heavy atom. The van der Waals surface area contributed by atoms with Gasteiger partial charge in [-0.25, -0.2) is 0 Å². The lowest BCUT2D eigenvalue weighted by Crippen LogP contribution is -2.44. The second-order valence-corrected chi connectivity index (χ2v) is 12.6. The molecule has 3 unspecified atom stereocenters. The van der Waals surface area contributed by atoms with Crippen LogP contribution in [0, 0.1) is 29.1 Å². The minimum atomic E-state index is 0.257. The highest BCUT2D eigenvalue weighted by molar-refractivity contribution is 5.41. The van der Waals surface area contributed by atoms with Gasteiger partial charge in [-0.3, -0.25) is 0 Å². The Bertz CT molecular complexity index is 1030. The van der Waals surface area contributed by atoms with Crippen molar-refractivity contribution in [3.8, 4) is 5.75 Å². The van der Waals surface area contributed by atoms with Crippen LogP contribution in [0.2, 0.25) is 0 Å². The number of epoxide rings is 1. The Hall–Kier alpha value is -1.84. The molecule has 1 aliphatic heterocycles. The van der Waals surface area contributed by atoms with E-state index < -0.39 is 0 Å². The smallest absolute Gasteiger partial charge is 0.120 e. The minimum absolute atomic E-state index is 0.257. The molecule has 3 nitrogen and oxygen atoms in total. The van der Waals surface area contributed by atoms with E-state index in [0.29, 0.717) is 30.1 Å². The third-order valence-corrected chi connectivity index (χ3v) is 10.3. The van der Waals surface area contributed by atoms with Gasteiger partial charge in [0.05, 0.1) is 12.2 Å². The summed E-state index contributed by atoms with van der Waals surface area (Å²) in [6.07, 6.45) is 12.1. The molecule has 2 saturated carbocycles. The number of rotatable bonds is 9. The van der Waals surface area contributed by atoms with E-state index in [0.717, 1.165) is 35.8 Å². The molecule has 4 aliphatic rings. The topological polar surface area (TPSA) is 42.0 Å². The maximum Gasteiger partial charge on any atom is 0.120 e. The summed E-state index contributed by atoms with van der Waals surface area (Å²) >= 11 is 0. The standard InChI is InChI=1S/C33H44O3/c1-3-7-24-18-25-19-26(35-21-22-8-5-4-6-9-22)10-11-27(25)28-12-14-33(2)20-23(16-29(33)32(24)28)17-31-30(36-31)13-15-34/h4-6,8-11,19,23-24,28-32,34H,3,7,12-18,20-21H2,1-2H3/t23-,24+,28?,29?,30+,31-,32?,33+/m0/s1. The fourth-order valence-electron chi connectivity index (χ4n) is 8.74. The van der Waals surface area contributed by atoms with Crippen molar-refractivity contribution in [2.45, 2.75) is 96.4 Å². The summed E-state index contributed by atoms with van der Waals surface area (Å²) in [5.41, 5.74) is 4.89. The largest absolute Gasteiger partial charge is 0.489 e. The number of ether oxygens (including phenoxy) is 2. The molecule has 3 aliphatic carbocycles. The number of fused-ring (bicyclic) bond motifs is 5. The first-order valence-corrected chi connectivity index (χ1v) is 14.6. The highest BCUT2D eigenvalue weighted by atomic mass is 16.6. The Labute approximate surface area is 217 Å². The van der Waals surface area contributed by atoms with Gasteiger partial charge in [0.1, 0.15) is 12.4 Å². The lowest BCUT2D eigenvalue weighted by molar-refractivity contribution is 0.0230. The highest BCUT2D eigenvalue weighted by Gasteiger charge is 2.56. The SMILES string of the molecule is CCC[C@@H]1Cc2cc(OCc3ccccc3)ccc2C2CC[C@]3(C)C[C@H](C[C@@H]4O[C@@H]4CCO)CC3C21. The van der Waals surface area contributed by atoms with Crippen LogP contribution >= 0.6 is 0 Å². The Morgan fingerprint density at radius 1 is 1.08 bits per heavy atom. The summed E-state index contributed by atoms with van der Waals surface area (Å²) < 4.78 is 12.1. The van der Waals surface area contributed by atoms with Crippen LogP contribution < -0.4 is 4.74 Å². The molecule has 2 aromatic carbocycles. The zero-order valence-electron chi connectivity index (χ0n) is 22.2. The molecular weight excluding hydrogens is 444 g/mol. The van der Waals surface area contributed by atoms with Crippen molar-refractivity contribution in [2.24, 2.45) is 29.1 Å². The first-order valence-electron chi connectivity index (χ1n) is 14.6. The van der Waals surface area contributed by atoms with Gasteiger partial charge in [-0.1, -0.05) is 63.1 Å². The van der Waals surface area contributed by atoms with Crippen LogP contribution in [-0.4, -0.2) is 23.9 Å². The van der Waals surface area contributed by atoms with Gasteiger partial charge < -0.3 is 14.6 Å². The van der Waals surface area contributed by atoms with E-state index in [-0.39, 0.29) is 6.61 Å². The molecule has 0 spiro atoms. The lowest BCUT2D eigenvalue weighted by Gasteiger charge is -2.52. The number of hydrogen-bond donors (Lipinski definition) is 1. The van der Waals surface area contributed by atoms with Gasteiger partial charge in [0.15, 0.2) is 0 Å². The monoisotopic (exact) mass is 488 g/mol. The van der Waals surface area contributed by atoms with E-state index in [4.69, 9.17) is 9.47 Å². The predicted molar refractivity (Wildman–Crippen MR) is 144 cm³/mol. The molecule has 1 heterocycles. The summed E-state index contributed by atoms with van der Waals surface area (Å²) in [5, 5.41) is 9.27. The van der Waals surface area contributed by atoms with E-state index in [2.05, 4.69) is 62.4 Å². The summed E-state index contributed by atoms with van der Waals surface area (Å²) in [7, 11) is 0. The third-order valence-electron chi connectivity index (χ3n) is 10.3. The fraction of sp³-hybridized carbons (Fsp3) is 0.636. The maximum absolute atomic E-state index is 9.27. The Balaban J connectivity index is 1.19. The van der Waals surface area contributed by atoms with Gasteiger partial charge >= 0.3 is 0 Å². The molecule has 0 bridgehead atoms. The average Bonchev–Trinajstić information content (AvgIpc) is 3.51. The molecule has 0 radical (unpaired) electrons. The molecule has 8 atom stereocenters. The lowest BCUT2D eigenvalue weighted by atomic mass is 9.52. The molecule has 3 fully saturated rings. The van der Waals surface area contributed by atoms with Crippen LogP contribution in [0.1, 0.15) is 87.8 Å². The van der Waals surface area contributed by atoms with Crippen molar-refractivity contribution >= 4 is 0 Å². The molecule has 36 heavy (non-hydrogen) atoms. The van der Waals surface area contributed by atoms with Crippen LogP contribution in [0.5, 0.6) is 5.75 Å². The first kappa shape index (κ1) is 24.5. The zero-order valence-corrected chi connectivity index (χ0v) is 22.2. The van der Waals surface area contributed by atoms with Gasteiger partial charge in [0.2, 0.25) is 0 Å². The van der Waals surface area contributed by atoms with Crippen molar-refractivity contribution in [2.75, 3.05) is 6.61 Å². The van der Waals surface area contributed by atoms with E-state index >= 15 is 0 Å². The van der Waals surface area contributed by atoms with E-state index in [1.165, 1.54) is 56.9 Å². The molecule has 194 valence electrons. The van der Waals surface area contributed by atoms with Crippen LogP contribution in [0.25, 0.3) is 0 Å². The van der Waals surface area contributed by atoms with Crippen LogP contribution in [0.4, 0.5) is 0 Å². The van der Waals surface area contributed by atoms with Gasteiger partial charge in [0.25, 0.3) is 0 Å². The van der Waals surface area contributed by atoms with E-state index in [1.54, 1.807) is 11.1 Å².